The van der Waals surface area contributed by atoms with Crippen molar-refractivity contribution in [3.8, 4) is 6.07 Å². The molecule has 12 heavy (non-hydrogen) atoms. The first kappa shape index (κ1) is 10.9. The molecule has 0 aliphatic carbocycles. The van der Waals surface area contributed by atoms with Crippen molar-refractivity contribution in [2.75, 3.05) is 13.7 Å². The van der Waals surface area contributed by atoms with Crippen LogP contribution in [-0.4, -0.2) is 25.2 Å². The maximum atomic E-state index is 11.3. The average molecular weight is 170 g/mol. The molecule has 0 aliphatic heterocycles. The summed E-state index contributed by atoms with van der Waals surface area (Å²) in [4.78, 5) is 11.3. The molecule has 68 valence electrons. The lowest BCUT2D eigenvalue weighted by Gasteiger charge is -2.24. The van der Waals surface area contributed by atoms with Gasteiger partial charge in [0.05, 0.1) is 6.07 Å². The van der Waals surface area contributed by atoms with Gasteiger partial charge in [0.15, 0.2) is 0 Å². The predicted octanol–water partition coefficient (Wildman–Crippen LogP) is 0.441. The highest BCUT2D eigenvalue weighted by Crippen LogP contribution is 2.13. The molecule has 4 heteroatoms. The Kier molecular flexibility index (Phi) is 4.30. The van der Waals surface area contributed by atoms with Crippen molar-refractivity contribution in [3.05, 3.63) is 0 Å². The van der Waals surface area contributed by atoms with Crippen molar-refractivity contribution < 1.29 is 9.53 Å². The van der Waals surface area contributed by atoms with Crippen LogP contribution in [0.2, 0.25) is 0 Å². The maximum Gasteiger partial charge on any atom is 0.252 e. The number of nitriles is 1. The third kappa shape index (κ3) is 2.51. The Balaban J connectivity index is 4.14. The first-order valence-electron chi connectivity index (χ1n) is 3.81. The SMILES string of the molecule is CCC(C)(OC)C(=O)NCC#N. The van der Waals surface area contributed by atoms with E-state index in [1.54, 1.807) is 6.92 Å². The number of nitrogens with zero attached hydrogens (tertiary/aromatic N) is 1. The molecule has 0 bridgehead atoms. The van der Waals surface area contributed by atoms with Gasteiger partial charge in [-0.2, -0.15) is 5.26 Å². The molecule has 0 saturated heterocycles. The molecule has 4 nitrogen and oxygen atoms in total. The topological polar surface area (TPSA) is 62.1 Å². The Morgan fingerprint density at radius 3 is 2.67 bits per heavy atom. The van der Waals surface area contributed by atoms with E-state index in [4.69, 9.17) is 10.00 Å². The molecule has 0 rings (SSSR count). The standard InChI is InChI=1S/C8H14N2O2/c1-4-8(2,12-3)7(11)10-6-5-9/h4,6H2,1-3H3,(H,10,11). The van der Waals surface area contributed by atoms with E-state index in [2.05, 4.69) is 5.32 Å². The van der Waals surface area contributed by atoms with Crippen LogP contribution in [0.5, 0.6) is 0 Å². The normalized spacial score (nSPS) is 14.5. The number of amides is 1. The Morgan fingerprint density at radius 1 is 1.75 bits per heavy atom. The van der Waals surface area contributed by atoms with Gasteiger partial charge in [-0.1, -0.05) is 6.92 Å². The molecule has 0 aliphatic rings. The number of rotatable bonds is 4. The zero-order valence-corrected chi connectivity index (χ0v) is 7.68. The summed E-state index contributed by atoms with van der Waals surface area (Å²) in [6.07, 6.45) is 0.584. The van der Waals surface area contributed by atoms with Gasteiger partial charge in [-0.15, -0.1) is 0 Å². The molecule has 1 amide bonds. The summed E-state index contributed by atoms with van der Waals surface area (Å²) in [6.45, 7) is 3.58. The van der Waals surface area contributed by atoms with Crippen LogP contribution in [0.15, 0.2) is 0 Å². The molecule has 0 fully saturated rings. The predicted molar refractivity (Wildman–Crippen MR) is 44.3 cm³/mol. The van der Waals surface area contributed by atoms with Crippen LogP contribution < -0.4 is 5.32 Å². The lowest BCUT2D eigenvalue weighted by Crippen LogP contribution is -2.45. The second-order valence-corrected chi connectivity index (χ2v) is 2.63. The summed E-state index contributed by atoms with van der Waals surface area (Å²) in [5, 5.41) is 10.7. The average Bonchev–Trinajstić information content (AvgIpc) is 2.12. The van der Waals surface area contributed by atoms with E-state index in [0.717, 1.165) is 0 Å². The van der Waals surface area contributed by atoms with E-state index in [0.29, 0.717) is 6.42 Å². The van der Waals surface area contributed by atoms with E-state index in [1.807, 2.05) is 13.0 Å². The van der Waals surface area contributed by atoms with Gasteiger partial charge < -0.3 is 10.1 Å². The van der Waals surface area contributed by atoms with Gasteiger partial charge >= 0.3 is 0 Å². The minimum absolute atomic E-state index is 0.0256. The summed E-state index contributed by atoms with van der Waals surface area (Å²) in [7, 11) is 1.48. The van der Waals surface area contributed by atoms with E-state index in [1.165, 1.54) is 7.11 Å². The summed E-state index contributed by atoms with van der Waals surface area (Å²) in [5.41, 5.74) is -0.809. The summed E-state index contributed by atoms with van der Waals surface area (Å²) < 4.78 is 5.02. The molecule has 0 heterocycles. The highest BCUT2D eigenvalue weighted by molar-refractivity contribution is 5.84. The molecule has 0 aromatic heterocycles. The van der Waals surface area contributed by atoms with Gasteiger partial charge in [-0.25, -0.2) is 0 Å². The molecular formula is C8H14N2O2. The van der Waals surface area contributed by atoms with Gasteiger partial charge in [-0.3, -0.25) is 4.79 Å². The van der Waals surface area contributed by atoms with E-state index >= 15 is 0 Å². The Hall–Kier alpha value is -1.08. The van der Waals surface area contributed by atoms with Gasteiger partial charge in [0.1, 0.15) is 12.1 Å². The zero-order chi connectivity index (χ0) is 9.61. The number of nitrogens with one attached hydrogen (secondary N) is 1. The Morgan fingerprint density at radius 2 is 2.33 bits per heavy atom. The number of ether oxygens (including phenoxy) is 1. The quantitative estimate of drug-likeness (QED) is 0.623. The summed E-state index contributed by atoms with van der Waals surface area (Å²) in [5.74, 6) is -0.242. The van der Waals surface area contributed by atoms with Crippen molar-refractivity contribution in [2.24, 2.45) is 0 Å². The van der Waals surface area contributed by atoms with Gasteiger partial charge in [0, 0.05) is 7.11 Å². The molecule has 0 spiro atoms. The van der Waals surface area contributed by atoms with Crippen LogP contribution in [0.1, 0.15) is 20.3 Å². The zero-order valence-electron chi connectivity index (χ0n) is 7.68. The van der Waals surface area contributed by atoms with Gasteiger partial charge in [-0.05, 0) is 13.3 Å². The van der Waals surface area contributed by atoms with E-state index in [9.17, 15) is 4.79 Å². The largest absolute Gasteiger partial charge is 0.369 e. The first-order chi connectivity index (χ1) is 5.60. The van der Waals surface area contributed by atoms with Crippen molar-refractivity contribution in [1.29, 1.82) is 5.26 Å². The van der Waals surface area contributed by atoms with Crippen LogP contribution in [0.3, 0.4) is 0 Å². The molecule has 1 atom stereocenters. The minimum atomic E-state index is -0.809. The molecule has 0 saturated carbocycles. The summed E-state index contributed by atoms with van der Waals surface area (Å²) in [6, 6.07) is 1.83. The van der Waals surface area contributed by atoms with Crippen molar-refractivity contribution >= 4 is 5.91 Å². The third-order valence-corrected chi connectivity index (χ3v) is 1.93. The minimum Gasteiger partial charge on any atom is -0.369 e. The van der Waals surface area contributed by atoms with E-state index in [-0.39, 0.29) is 12.5 Å². The second kappa shape index (κ2) is 4.73. The number of hydrogen-bond acceptors (Lipinski definition) is 3. The number of carbonyl (C=O) groups excluding carboxylic acids is 1. The Bertz CT molecular complexity index is 192. The van der Waals surface area contributed by atoms with Crippen LogP contribution in [0, 0.1) is 11.3 Å². The monoisotopic (exact) mass is 170 g/mol. The molecule has 0 aromatic rings. The molecule has 0 radical (unpaired) electrons. The fraction of sp³-hybridized carbons (Fsp3) is 0.750. The van der Waals surface area contributed by atoms with Crippen molar-refractivity contribution in [3.63, 3.8) is 0 Å². The van der Waals surface area contributed by atoms with Crippen LogP contribution in [0.4, 0.5) is 0 Å². The van der Waals surface area contributed by atoms with Gasteiger partial charge in [0.25, 0.3) is 5.91 Å². The highest BCUT2D eigenvalue weighted by Gasteiger charge is 2.30. The molecule has 0 aromatic carbocycles. The first-order valence-corrected chi connectivity index (χ1v) is 3.81. The Labute approximate surface area is 72.5 Å². The van der Waals surface area contributed by atoms with Crippen LogP contribution in [-0.2, 0) is 9.53 Å². The van der Waals surface area contributed by atoms with Crippen LogP contribution >= 0.6 is 0 Å². The van der Waals surface area contributed by atoms with Crippen molar-refractivity contribution in [1.82, 2.24) is 5.32 Å². The number of hydrogen-bond donors (Lipinski definition) is 1. The fourth-order valence-corrected chi connectivity index (χ4v) is 0.704. The smallest absolute Gasteiger partial charge is 0.252 e. The van der Waals surface area contributed by atoms with Crippen molar-refractivity contribution in [2.45, 2.75) is 25.9 Å². The lowest BCUT2D eigenvalue weighted by molar-refractivity contribution is -0.141. The molecular weight excluding hydrogens is 156 g/mol. The number of methoxy groups -OCH3 is 1. The second-order valence-electron chi connectivity index (χ2n) is 2.63. The molecule has 1 N–H and O–H groups in total. The summed E-state index contributed by atoms with van der Waals surface area (Å²) >= 11 is 0. The van der Waals surface area contributed by atoms with E-state index < -0.39 is 5.60 Å². The number of carbonyl (C=O) groups is 1. The fourth-order valence-electron chi connectivity index (χ4n) is 0.704. The lowest BCUT2D eigenvalue weighted by atomic mass is 10.0. The third-order valence-electron chi connectivity index (χ3n) is 1.93. The highest BCUT2D eigenvalue weighted by atomic mass is 16.5. The van der Waals surface area contributed by atoms with Crippen LogP contribution in [0.25, 0.3) is 0 Å². The molecule has 1 unspecified atom stereocenters. The van der Waals surface area contributed by atoms with Gasteiger partial charge in [0.2, 0.25) is 0 Å². The maximum absolute atomic E-state index is 11.3.